The van der Waals surface area contributed by atoms with Crippen LogP contribution in [0.5, 0.6) is 5.75 Å². The first kappa shape index (κ1) is 16.4. The standard InChI is InChI=1S/C20H21N3O3/c24-20(23-11-4-5-15(13-23)18-8-10-21-22-18)19-16(9-12-25-19)14-26-17-6-2-1-3-7-17/h1-3,6-10,12,15H,4-5,11,13-14H2,(H,21,22). The second-order valence-corrected chi connectivity index (χ2v) is 6.48. The van der Waals surface area contributed by atoms with Gasteiger partial charge in [-0.1, -0.05) is 18.2 Å². The number of furan rings is 1. The zero-order valence-electron chi connectivity index (χ0n) is 14.4. The Morgan fingerprint density at radius 3 is 2.96 bits per heavy atom. The van der Waals surface area contributed by atoms with Crippen LogP contribution < -0.4 is 4.74 Å². The number of amides is 1. The highest BCUT2D eigenvalue weighted by atomic mass is 16.5. The van der Waals surface area contributed by atoms with Crippen molar-refractivity contribution in [1.82, 2.24) is 15.1 Å². The van der Waals surface area contributed by atoms with Gasteiger partial charge in [-0.05, 0) is 37.1 Å². The third-order valence-corrected chi connectivity index (χ3v) is 4.75. The summed E-state index contributed by atoms with van der Waals surface area (Å²) in [5.74, 6) is 1.34. The molecule has 1 aliphatic rings. The molecule has 0 bridgehead atoms. The van der Waals surface area contributed by atoms with Crippen LogP contribution in [-0.4, -0.2) is 34.1 Å². The number of carbonyl (C=O) groups excluding carboxylic acids is 1. The average molecular weight is 351 g/mol. The van der Waals surface area contributed by atoms with Crippen molar-refractivity contribution < 1.29 is 13.9 Å². The van der Waals surface area contributed by atoms with E-state index in [2.05, 4.69) is 10.2 Å². The monoisotopic (exact) mass is 351 g/mol. The molecule has 3 heterocycles. The largest absolute Gasteiger partial charge is 0.489 e. The number of rotatable bonds is 5. The number of piperidine rings is 1. The molecule has 1 aromatic carbocycles. The summed E-state index contributed by atoms with van der Waals surface area (Å²) in [6.07, 6.45) is 5.31. The molecule has 134 valence electrons. The van der Waals surface area contributed by atoms with Crippen LogP contribution in [0.15, 0.2) is 59.3 Å². The average Bonchev–Trinajstić information content (AvgIpc) is 3.39. The first-order valence-electron chi connectivity index (χ1n) is 8.84. The predicted molar refractivity (Wildman–Crippen MR) is 95.9 cm³/mol. The Kier molecular flexibility index (Phi) is 4.73. The fraction of sp³-hybridized carbons (Fsp3) is 0.300. The normalized spacial score (nSPS) is 17.2. The van der Waals surface area contributed by atoms with Gasteiger partial charge in [-0.25, -0.2) is 0 Å². The van der Waals surface area contributed by atoms with Crippen molar-refractivity contribution in [1.29, 1.82) is 0 Å². The lowest BCUT2D eigenvalue weighted by molar-refractivity contribution is 0.0670. The Bertz CT molecular complexity index is 842. The summed E-state index contributed by atoms with van der Waals surface area (Å²) in [6, 6.07) is 13.3. The van der Waals surface area contributed by atoms with Crippen molar-refractivity contribution in [3.8, 4) is 5.75 Å². The molecule has 3 aromatic rings. The molecule has 6 heteroatoms. The maximum atomic E-state index is 13.0. The van der Waals surface area contributed by atoms with Crippen LogP contribution in [0.2, 0.25) is 0 Å². The fourth-order valence-electron chi connectivity index (χ4n) is 3.37. The van der Waals surface area contributed by atoms with Crippen molar-refractivity contribution in [2.75, 3.05) is 13.1 Å². The van der Waals surface area contributed by atoms with Gasteiger partial charge in [0.1, 0.15) is 12.4 Å². The minimum absolute atomic E-state index is 0.0779. The molecule has 4 rings (SSSR count). The lowest BCUT2D eigenvalue weighted by Gasteiger charge is -2.31. The number of carbonyl (C=O) groups is 1. The Morgan fingerprint density at radius 1 is 1.27 bits per heavy atom. The van der Waals surface area contributed by atoms with Gasteiger partial charge >= 0.3 is 0 Å². The molecule has 1 N–H and O–H groups in total. The first-order valence-corrected chi connectivity index (χ1v) is 8.84. The third kappa shape index (κ3) is 3.49. The summed E-state index contributed by atoms with van der Waals surface area (Å²) in [5, 5.41) is 7.04. The number of benzene rings is 1. The van der Waals surface area contributed by atoms with Crippen molar-refractivity contribution in [3.63, 3.8) is 0 Å². The van der Waals surface area contributed by atoms with E-state index < -0.39 is 0 Å². The molecule has 0 radical (unpaired) electrons. The molecule has 1 atom stereocenters. The summed E-state index contributed by atoms with van der Waals surface area (Å²) < 4.78 is 11.3. The Labute approximate surface area is 151 Å². The number of H-pyrrole nitrogens is 1. The number of para-hydroxylation sites is 1. The molecule has 1 saturated heterocycles. The molecule has 1 amide bonds. The van der Waals surface area contributed by atoms with Crippen LogP contribution in [0.25, 0.3) is 0 Å². The van der Waals surface area contributed by atoms with Crippen molar-refractivity contribution in [2.45, 2.75) is 25.4 Å². The van der Waals surface area contributed by atoms with Crippen molar-refractivity contribution in [2.24, 2.45) is 0 Å². The smallest absolute Gasteiger partial charge is 0.289 e. The van der Waals surface area contributed by atoms with Crippen LogP contribution in [0.1, 0.15) is 40.6 Å². The maximum absolute atomic E-state index is 13.0. The number of ether oxygens (including phenoxy) is 1. The van der Waals surface area contributed by atoms with Crippen molar-refractivity contribution >= 4 is 5.91 Å². The third-order valence-electron chi connectivity index (χ3n) is 4.75. The molecule has 2 aromatic heterocycles. The van der Waals surface area contributed by atoms with E-state index in [1.165, 1.54) is 0 Å². The van der Waals surface area contributed by atoms with Gasteiger partial charge < -0.3 is 14.1 Å². The van der Waals surface area contributed by atoms with Gasteiger partial charge in [0.15, 0.2) is 5.76 Å². The zero-order chi connectivity index (χ0) is 17.8. The molecule has 1 fully saturated rings. The van der Waals surface area contributed by atoms with E-state index in [4.69, 9.17) is 9.15 Å². The first-order chi connectivity index (χ1) is 12.8. The molecule has 0 spiro atoms. The Hall–Kier alpha value is -3.02. The highest BCUT2D eigenvalue weighted by Crippen LogP contribution is 2.27. The van der Waals surface area contributed by atoms with Crippen LogP contribution in [0.4, 0.5) is 0 Å². The van der Waals surface area contributed by atoms with Crippen LogP contribution >= 0.6 is 0 Å². The number of aromatic nitrogens is 2. The summed E-state index contributed by atoms with van der Waals surface area (Å²) in [6.45, 7) is 1.71. The highest BCUT2D eigenvalue weighted by Gasteiger charge is 2.29. The molecule has 0 saturated carbocycles. The lowest BCUT2D eigenvalue weighted by Crippen LogP contribution is -2.39. The predicted octanol–water partition coefficient (Wildman–Crippen LogP) is 3.60. The second kappa shape index (κ2) is 7.47. The quantitative estimate of drug-likeness (QED) is 0.762. The summed E-state index contributed by atoms with van der Waals surface area (Å²) >= 11 is 0. The second-order valence-electron chi connectivity index (χ2n) is 6.48. The van der Waals surface area contributed by atoms with Crippen LogP contribution in [0, 0.1) is 0 Å². The van der Waals surface area contributed by atoms with E-state index in [0.717, 1.165) is 36.4 Å². The van der Waals surface area contributed by atoms with Gasteiger partial charge in [0.25, 0.3) is 5.91 Å². The number of nitrogens with zero attached hydrogens (tertiary/aromatic N) is 2. The van der Waals surface area contributed by atoms with Crippen molar-refractivity contribution in [3.05, 3.63) is 71.9 Å². The SMILES string of the molecule is O=C(c1occc1COc1ccccc1)N1CCCC(c2ccn[nH]2)C1. The molecule has 1 unspecified atom stereocenters. The number of hydrogen-bond acceptors (Lipinski definition) is 4. The molecule has 0 aliphatic carbocycles. The van der Waals surface area contributed by atoms with Gasteiger partial charge in [0.05, 0.1) is 6.26 Å². The summed E-state index contributed by atoms with van der Waals surface area (Å²) in [4.78, 5) is 14.8. The molecule has 26 heavy (non-hydrogen) atoms. The highest BCUT2D eigenvalue weighted by molar-refractivity contribution is 5.93. The van der Waals surface area contributed by atoms with Gasteiger partial charge in [-0.2, -0.15) is 5.10 Å². The topological polar surface area (TPSA) is 71.4 Å². The van der Waals surface area contributed by atoms with Gasteiger partial charge in [0.2, 0.25) is 0 Å². The van der Waals surface area contributed by atoms with E-state index >= 15 is 0 Å². The number of nitrogens with one attached hydrogen (secondary N) is 1. The Balaban J connectivity index is 1.44. The molecular weight excluding hydrogens is 330 g/mol. The van der Waals surface area contributed by atoms with Crippen LogP contribution in [-0.2, 0) is 6.61 Å². The Morgan fingerprint density at radius 2 is 2.15 bits per heavy atom. The van der Waals surface area contributed by atoms with E-state index in [1.807, 2.05) is 41.3 Å². The number of likely N-dealkylation sites (tertiary alicyclic amines) is 1. The fourth-order valence-corrected chi connectivity index (χ4v) is 3.37. The number of aromatic amines is 1. The van der Waals surface area contributed by atoms with Crippen LogP contribution in [0.3, 0.4) is 0 Å². The van der Waals surface area contributed by atoms with E-state index in [-0.39, 0.29) is 11.8 Å². The van der Waals surface area contributed by atoms with E-state index in [0.29, 0.717) is 18.9 Å². The lowest BCUT2D eigenvalue weighted by atomic mass is 9.94. The molecule has 1 aliphatic heterocycles. The van der Waals surface area contributed by atoms with E-state index in [9.17, 15) is 4.79 Å². The number of hydrogen-bond donors (Lipinski definition) is 1. The summed E-state index contributed by atoms with van der Waals surface area (Å²) in [5.41, 5.74) is 1.84. The zero-order valence-corrected chi connectivity index (χ0v) is 14.4. The minimum atomic E-state index is -0.0779. The minimum Gasteiger partial charge on any atom is -0.489 e. The van der Waals surface area contributed by atoms with Gasteiger partial charge in [0, 0.05) is 36.5 Å². The summed E-state index contributed by atoms with van der Waals surface area (Å²) in [7, 11) is 0. The van der Waals surface area contributed by atoms with Gasteiger partial charge in [-0.3, -0.25) is 9.89 Å². The molecular formula is C20H21N3O3. The molecule has 6 nitrogen and oxygen atoms in total. The van der Waals surface area contributed by atoms with E-state index in [1.54, 1.807) is 18.5 Å². The van der Waals surface area contributed by atoms with Gasteiger partial charge in [-0.15, -0.1) is 0 Å². The maximum Gasteiger partial charge on any atom is 0.289 e.